The van der Waals surface area contributed by atoms with E-state index in [-0.39, 0.29) is 9.90 Å². The topological polar surface area (TPSA) is 0 Å². The van der Waals surface area contributed by atoms with Crippen LogP contribution in [-0.4, -0.2) is 5.33 Å². The van der Waals surface area contributed by atoms with Gasteiger partial charge in [-0.05, 0) is 6.42 Å². The first kappa shape index (κ1) is 14.4. The van der Waals surface area contributed by atoms with Crippen LogP contribution in [0.4, 0.5) is 0 Å². The summed E-state index contributed by atoms with van der Waals surface area (Å²) in [5.74, 6) is 0. The van der Waals surface area contributed by atoms with Gasteiger partial charge in [-0.25, -0.2) is 0 Å². The summed E-state index contributed by atoms with van der Waals surface area (Å²) < 4.78 is 0. The highest BCUT2D eigenvalue weighted by Crippen LogP contribution is 2.07. The quantitative estimate of drug-likeness (QED) is 0.356. The van der Waals surface area contributed by atoms with Gasteiger partial charge in [0, 0.05) is 5.33 Å². The van der Waals surface area contributed by atoms with Crippen LogP contribution in [0, 0.1) is 0 Å². The van der Waals surface area contributed by atoms with Crippen LogP contribution in [-0.2, 0) is 0 Å². The summed E-state index contributed by atoms with van der Waals surface area (Å²) >= 11 is 3.43. The molecule has 0 spiro atoms. The molecule has 0 aliphatic carbocycles. The Morgan fingerprint density at radius 1 is 0.818 bits per heavy atom. The van der Waals surface area contributed by atoms with E-state index in [1.807, 2.05) is 0 Å². The first-order valence-electron chi connectivity index (χ1n) is 4.47. The van der Waals surface area contributed by atoms with Gasteiger partial charge in [-0.2, -0.15) is 9.90 Å². The van der Waals surface area contributed by atoms with Crippen molar-refractivity contribution in [1.82, 2.24) is 0 Å². The number of halogens is 1. The Bertz CT molecular complexity index is 49.5. The van der Waals surface area contributed by atoms with E-state index in [0.29, 0.717) is 0 Å². The molecule has 1 atom stereocenters. The second-order valence-corrected chi connectivity index (χ2v) is 3.60. The van der Waals surface area contributed by atoms with E-state index in [0.717, 1.165) is 0 Å². The van der Waals surface area contributed by atoms with Crippen LogP contribution >= 0.6 is 25.8 Å². The van der Waals surface area contributed by atoms with Gasteiger partial charge in [0.15, 0.2) is 0 Å². The number of rotatable bonds is 7. The molecular weight excluding hydrogens is 219 g/mol. The molecule has 2 heteroatoms. The maximum atomic E-state index is 3.43. The van der Waals surface area contributed by atoms with Crippen LogP contribution in [0.3, 0.4) is 0 Å². The largest absolute Gasteiger partial charge is 0.153 e. The molecule has 0 nitrogen and oxygen atoms in total. The Balaban J connectivity index is 0. The lowest BCUT2D eigenvalue weighted by atomic mass is 10.1. The Labute approximate surface area is 83.3 Å². The van der Waals surface area contributed by atoms with Crippen molar-refractivity contribution in [2.45, 2.75) is 51.9 Å². The van der Waals surface area contributed by atoms with Crippen LogP contribution in [0.5, 0.6) is 0 Å². The molecule has 0 heterocycles. The maximum absolute atomic E-state index is 3.43. The Morgan fingerprint density at radius 3 is 1.73 bits per heavy atom. The molecular formula is C9H22BrP. The van der Waals surface area contributed by atoms with Crippen LogP contribution in [0.25, 0.3) is 0 Å². The molecule has 0 aromatic rings. The second-order valence-electron chi connectivity index (χ2n) is 2.81. The summed E-state index contributed by atoms with van der Waals surface area (Å²) in [5, 5.41) is 1.18. The lowest BCUT2D eigenvalue weighted by Gasteiger charge is -1.97. The number of hydrogen-bond donors (Lipinski definition) is 0. The second kappa shape index (κ2) is 13.5. The third-order valence-corrected chi connectivity index (χ3v) is 2.30. The summed E-state index contributed by atoms with van der Waals surface area (Å²) in [5.41, 5.74) is 0. The Hall–Kier alpha value is 0.910. The van der Waals surface area contributed by atoms with Crippen molar-refractivity contribution in [3.8, 4) is 0 Å². The van der Waals surface area contributed by atoms with Gasteiger partial charge in [0.25, 0.3) is 0 Å². The number of unbranched alkanes of at least 4 members (excludes halogenated alkanes) is 6. The highest BCUT2D eigenvalue weighted by atomic mass is 79.9. The van der Waals surface area contributed by atoms with Gasteiger partial charge in [0.1, 0.15) is 0 Å². The van der Waals surface area contributed by atoms with Crippen LogP contribution in [0.1, 0.15) is 51.9 Å². The number of hydrogen-bond acceptors (Lipinski definition) is 0. The highest BCUT2D eigenvalue weighted by Gasteiger charge is 1.88. The van der Waals surface area contributed by atoms with Crippen molar-refractivity contribution in [2.75, 3.05) is 5.33 Å². The molecule has 0 amide bonds. The Kier molecular flexibility index (Phi) is 17.7. The van der Waals surface area contributed by atoms with Crippen molar-refractivity contribution in [3.05, 3.63) is 0 Å². The zero-order chi connectivity index (χ0) is 7.66. The van der Waals surface area contributed by atoms with Gasteiger partial charge >= 0.3 is 0 Å². The van der Waals surface area contributed by atoms with E-state index in [4.69, 9.17) is 0 Å². The van der Waals surface area contributed by atoms with Gasteiger partial charge < -0.3 is 0 Å². The molecule has 0 bridgehead atoms. The molecule has 0 saturated heterocycles. The van der Waals surface area contributed by atoms with Crippen molar-refractivity contribution in [2.24, 2.45) is 0 Å². The molecule has 0 aliphatic rings. The van der Waals surface area contributed by atoms with Crippen LogP contribution in [0.15, 0.2) is 0 Å². The molecule has 1 unspecified atom stereocenters. The molecule has 0 aromatic carbocycles. The fourth-order valence-corrected chi connectivity index (χ4v) is 1.45. The van der Waals surface area contributed by atoms with E-state index in [2.05, 4.69) is 22.9 Å². The lowest BCUT2D eigenvalue weighted by molar-refractivity contribution is 0.604. The normalized spacial score (nSPS) is 9.27. The molecule has 11 heavy (non-hydrogen) atoms. The minimum atomic E-state index is 0. The van der Waals surface area contributed by atoms with E-state index < -0.39 is 0 Å². The van der Waals surface area contributed by atoms with E-state index in [9.17, 15) is 0 Å². The zero-order valence-corrected chi connectivity index (χ0v) is 10.7. The molecule has 0 fully saturated rings. The molecule has 0 radical (unpaired) electrons. The summed E-state index contributed by atoms with van der Waals surface area (Å²) in [7, 11) is 0. The van der Waals surface area contributed by atoms with Gasteiger partial charge in [-0.1, -0.05) is 61.4 Å². The summed E-state index contributed by atoms with van der Waals surface area (Å²) in [6.07, 6.45) is 9.87. The number of alkyl halides is 1. The third kappa shape index (κ3) is 13.8. The standard InChI is InChI=1S/C9H19Br.H3P/c1-2-3-4-5-6-7-8-9-10;/h2-9H2,1H3;1H3. The summed E-state index contributed by atoms with van der Waals surface area (Å²) in [6, 6.07) is 0. The van der Waals surface area contributed by atoms with Gasteiger partial charge in [-0.15, -0.1) is 0 Å². The van der Waals surface area contributed by atoms with Crippen molar-refractivity contribution in [1.29, 1.82) is 0 Å². The van der Waals surface area contributed by atoms with Gasteiger partial charge in [0.2, 0.25) is 0 Å². The Morgan fingerprint density at radius 2 is 1.27 bits per heavy atom. The molecule has 0 aliphatic heterocycles. The van der Waals surface area contributed by atoms with Crippen molar-refractivity contribution in [3.63, 3.8) is 0 Å². The predicted octanol–water partition coefficient (Wildman–Crippen LogP) is 4.19. The lowest BCUT2D eigenvalue weighted by Crippen LogP contribution is -1.79. The molecule has 0 N–H and O–H groups in total. The van der Waals surface area contributed by atoms with E-state index in [1.54, 1.807) is 0 Å². The van der Waals surface area contributed by atoms with Gasteiger partial charge in [0.05, 0.1) is 0 Å². The van der Waals surface area contributed by atoms with E-state index >= 15 is 0 Å². The van der Waals surface area contributed by atoms with Crippen LogP contribution < -0.4 is 0 Å². The average Bonchev–Trinajstić information content (AvgIpc) is 1.97. The first-order chi connectivity index (χ1) is 4.91. The first-order valence-corrected chi connectivity index (χ1v) is 5.60. The monoisotopic (exact) mass is 240 g/mol. The third-order valence-electron chi connectivity index (χ3n) is 1.74. The molecule has 0 rings (SSSR count). The van der Waals surface area contributed by atoms with E-state index in [1.165, 1.54) is 50.3 Å². The minimum Gasteiger partial charge on any atom is -0.153 e. The fraction of sp³-hybridized carbons (Fsp3) is 1.00. The minimum absolute atomic E-state index is 0. The summed E-state index contributed by atoms with van der Waals surface area (Å²) in [6.45, 7) is 2.26. The van der Waals surface area contributed by atoms with Crippen molar-refractivity contribution >= 4 is 25.8 Å². The van der Waals surface area contributed by atoms with Crippen molar-refractivity contribution < 1.29 is 0 Å². The fourth-order valence-electron chi connectivity index (χ4n) is 1.05. The SMILES string of the molecule is CCCCCCCCCBr.P. The smallest absolute Gasteiger partial charge is 0.00313 e. The zero-order valence-electron chi connectivity index (χ0n) is 7.74. The van der Waals surface area contributed by atoms with Gasteiger partial charge in [-0.3, -0.25) is 0 Å². The summed E-state index contributed by atoms with van der Waals surface area (Å²) in [4.78, 5) is 0. The molecule has 0 aromatic heterocycles. The molecule has 70 valence electrons. The highest BCUT2D eigenvalue weighted by molar-refractivity contribution is 9.09. The molecule has 0 saturated carbocycles. The predicted molar refractivity (Wildman–Crippen MR) is 62.9 cm³/mol. The maximum Gasteiger partial charge on any atom is 0.00313 e. The average molecular weight is 241 g/mol. The van der Waals surface area contributed by atoms with Crippen LogP contribution in [0.2, 0.25) is 0 Å².